The number of hydrogen-bond donors (Lipinski definition) is 0. The van der Waals surface area contributed by atoms with E-state index in [1.54, 1.807) is 42.1 Å². The van der Waals surface area contributed by atoms with Gasteiger partial charge in [-0.1, -0.05) is 17.7 Å². The highest BCUT2D eigenvalue weighted by Gasteiger charge is 2.33. The van der Waals surface area contributed by atoms with E-state index < -0.39 is 10.0 Å². The molecule has 0 bridgehead atoms. The summed E-state index contributed by atoms with van der Waals surface area (Å²) in [6, 6.07) is 15.0. The number of methoxy groups -OCH3 is 1. The summed E-state index contributed by atoms with van der Waals surface area (Å²) in [5.74, 6) is 0.786. The summed E-state index contributed by atoms with van der Waals surface area (Å²) in [6.07, 6.45) is 0. The van der Waals surface area contributed by atoms with Crippen molar-refractivity contribution in [1.82, 2.24) is 14.1 Å². The second-order valence-corrected chi connectivity index (χ2v) is 9.79. The predicted octanol–water partition coefficient (Wildman–Crippen LogP) is 3.66. The first kappa shape index (κ1) is 21.7. The predicted molar refractivity (Wildman–Crippen MR) is 122 cm³/mol. The lowest BCUT2D eigenvalue weighted by Gasteiger charge is -2.35. The molecule has 0 spiro atoms. The molecular weight excluding hydrogens is 436 g/mol. The van der Waals surface area contributed by atoms with Crippen molar-refractivity contribution in [1.29, 1.82) is 0 Å². The molecular formula is C22H25ClN4O3S. The Kier molecular flexibility index (Phi) is 5.96. The second kappa shape index (κ2) is 8.53. The minimum absolute atomic E-state index is 0.275. The van der Waals surface area contributed by atoms with Crippen LogP contribution in [0.1, 0.15) is 11.4 Å². The average Bonchev–Trinajstić information content (AvgIpc) is 3.09. The fraction of sp³-hybridized carbons (Fsp3) is 0.318. The number of rotatable bonds is 5. The Morgan fingerprint density at radius 3 is 2.29 bits per heavy atom. The summed E-state index contributed by atoms with van der Waals surface area (Å²) in [5, 5.41) is 5.11. The number of anilines is 1. The van der Waals surface area contributed by atoms with Gasteiger partial charge in [-0.05, 0) is 50.2 Å². The third-order valence-electron chi connectivity index (χ3n) is 5.55. The lowest BCUT2D eigenvalue weighted by Crippen LogP contribution is -2.48. The Balaban J connectivity index is 1.56. The number of aryl methyl sites for hydroxylation is 1. The van der Waals surface area contributed by atoms with Gasteiger partial charge in [0.1, 0.15) is 10.6 Å². The van der Waals surface area contributed by atoms with E-state index in [-0.39, 0.29) is 4.90 Å². The van der Waals surface area contributed by atoms with Gasteiger partial charge in [-0.3, -0.25) is 0 Å². The standard InChI is InChI=1S/C22H25ClN4O3S/c1-16-22(17(2)27(24-16)19-9-7-18(23)8-10-19)31(28,29)26-13-11-25(12-14-26)20-5-4-6-21(15-20)30-3/h4-10,15H,11-14H2,1-3H3. The zero-order valence-electron chi connectivity index (χ0n) is 17.7. The first-order valence-corrected chi connectivity index (χ1v) is 11.8. The molecule has 1 aromatic heterocycles. The lowest BCUT2D eigenvalue weighted by atomic mass is 10.2. The van der Waals surface area contributed by atoms with Gasteiger partial charge in [-0.15, -0.1) is 0 Å². The molecule has 7 nitrogen and oxygen atoms in total. The Bertz CT molecular complexity index is 1180. The summed E-state index contributed by atoms with van der Waals surface area (Å²) < 4.78 is 35.5. The fourth-order valence-corrected chi connectivity index (χ4v) is 5.86. The molecule has 2 aromatic carbocycles. The highest BCUT2D eigenvalue weighted by molar-refractivity contribution is 7.89. The number of benzene rings is 2. The molecule has 4 rings (SSSR count). The molecule has 164 valence electrons. The minimum Gasteiger partial charge on any atom is -0.497 e. The number of ether oxygens (including phenoxy) is 1. The quantitative estimate of drug-likeness (QED) is 0.581. The first-order valence-electron chi connectivity index (χ1n) is 10.0. The molecule has 0 aliphatic carbocycles. The van der Waals surface area contributed by atoms with Crippen molar-refractivity contribution < 1.29 is 13.2 Å². The summed E-state index contributed by atoms with van der Waals surface area (Å²) >= 11 is 5.98. The van der Waals surface area contributed by atoms with Crippen LogP contribution in [0.15, 0.2) is 53.4 Å². The molecule has 1 aliphatic heterocycles. The molecule has 1 saturated heterocycles. The van der Waals surface area contributed by atoms with E-state index in [1.807, 2.05) is 36.4 Å². The van der Waals surface area contributed by atoms with Crippen molar-refractivity contribution in [3.63, 3.8) is 0 Å². The largest absolute Gasteiger partial charge is 0.497 e. The van der Waals surface area contributed by atoms with Crippen molar-refractivity contribution >= 4 is 27.3 Å². The monoisotopic (exact) mass is 460 g/mol. The van der Waals surface area contributed by atoms with Gasteiger partial charge in [0.25, 0.3) is 0 Å². The highest BCUT2D eigenvalue weighted by Crippen LogP contribution is 2.28. The van der Waals surface area contributed by atoms with Crippen molar-refractivity contribution in [2.45, 2.75) is 18.7 Å². The van der Waals surface area contributed by atoms with Crippen LogP contribution in [0.25, 0.3) is 5.69 Å². The van der Waals surface area contributed by atoms with Crippen LogP contribution in [-0.4, -0.2) is 55.8 Å². The van der Waals surface area contributed by atoms with Gasteiger partial charge in [0.2, 0.25) is 10.0 Å². The number of nitrogens with zero attached hydrogens (tertiary/aromatic N) is 4. The molecule has 0 atom stereocenters. The number of sulfonamides is 1. The Morgan fingerprint density at radius 2 is 1.65 bits per heavy atom. The molecule has 0 amide bonds. The van der Waals surface area contributed by atoms with Crippen LogP contribution in [0.3, 0.4) is 0 Å². The van der Waals surface area contributed by atoms with Gasteiger partial charge in [0, 0.05) is 43.0 Å². The van der Waals surface area contributed by atoms with Crippen LogP contribution in [0.2, 0.25) is 5.02 Å². The van der Waals surface area contributed by atoms with Crippen molar-refractivity contribution in [3.05, 3.63) is 64.9 Å². The van der Waals surface area contributed by atoms with E-state index in [2.05, 4.69) is 10.00 Å². The maximum atomic E-state index is 13.5. The van der Waals surface area contributed by atoms with Gasteiger partial charge in [0.15, 0.2) is 0 Å². The molecule has 1 aliphatic rings. The van der Waals surface area contributed by atoms with E-state index in [1.165, 1.54) is 0 Å². The summed E-state index contributed by atoms with van der Waals surface area (Å²) in [5.41, 5.74) is 2.88. The molecule has 2 heterocycles. The van der Waals surface area contributed by atoms with Crippen molar-refractivity contribution in [3.8, 4) is 11.4 Å². The fourth-order valence-electron chi connectivity index (χ4n) is 3.96. The topological polar surface area (TPSA) is 67.7 Å². The number of halogens is 1. The van der Waals surface area contributed by atoms with Crippen LogP contribution < -0.4 is 9.64 Å². The van der Waals surface area contributed by atoms with E-state index in [0.29, 0.717) is 42.6 Å². The van der Waals surface area contributed by atoms with E-state index in [4.69, 9.17) is 16.3 Å². The maximum absolute atomic E-state index is 13.5. The highest BCUT2D eigenvalue weighted by atomic mass is 35.5. The number of hydrogen-bond acceptors (Lipinski definition) is 5. The van der Waals surface area contributed by atoms with Crippen LogP contribution >= 0.6 is 11.6 Å². The first-order chi connectivity index (χ1) is 14.8. The normalized spacial score (nSPS) is 15.3. The number of piperazine rings is 1. The van der Waals surface area contributed by atoms with Crippen LogP contribution in [-0.2, 0) is 10.0 Å². The zero-order chi connectivity index (χ0) is 22.2. The third-order valence-corrected chi connectivity index (χ3v) is 7.95. The Labute approximate surface area is 187 Å². The molecule has 31 heavy (non-hydrogen) atoms. The van der Waals surface area contributed by atoms with Crippen LogP contribution in [0, 0.1) is 13.8 Å². The molecule has 0 saturated carbocycles. The van der Waals surface area contributed by atoms with Gasteiger partial charge in [-0.25, -0.2) is 13.1 Å². The zero-order valence-corrected chi connectivity index (χ0v) is 19.3. The minimum atomic E-state index is -3.66. The van der Waals surface area contributed by atoms with E-state index in [0.717, 1.165) is 17.1 Å². The van der Waals surface area contributed by atoms with Crippen LogP contribution in [0.4, 0.5) is 5.69 Å². The van der Waals surface area contributed by atoms with Gasteiger partial charge < -0.3 is 9.64 Å². The molecule has 0 unspecified atom stereocenters. The Hall–Kier alpha value is -2.55. The van der Waals surface area contributed by atoms with Crippen molar-refractivity contribution in [2.75, 3.05) is 38.2 Å². The molecule has 1 fully saturated rings. The summed E-state index contributed by atoms with van der Waals surface area (Å²) in [6.45, 7) is 5.55. The van der Waals surface area contributed by atoms with Gasteiger partial charge >= 0.3 is 0 Å². The van der Waals surface area contributed by atoms with Gasteiger partial charge in [-0.2, -0.15) is 9.40 Å². The third kappa shape index (κ3) is 4.15. The van der Waals surface area contributed by atoms with Crippen LogP contribution in [0.5, 0.6) is 5.75 Å². The summed E-state index contributed by atoms with van der Waals surface area (Å²) in [4.78, 5) is 2.45. The van der Waals surface area contributed by atoms with E-state index >= 15 is 0 Å². The van der Waals surface area contributed by atoms with Gasteiger partial charge in [0.05, 0.1) is 24.2 Å². The lowest BCUT2D eigenvalue weighted by molar-refractivity contribution is 0.383. The summed E-state index contributed by atoms with van der Waals surface area (Å²) in [7, 11) is -2.03. The number of aromatic nitrogens is 2. The molecule has 0 radical (unpaired) electrons. The Morgan fingerprint density at radius 1 is 0.968 bits per heavy atom. The molecule has 9 heteroatoms. The second-order valence-electron chi connectivity index (χ2n) is 7.48. The SMILES string of the molecule is COc1cccc(N2CCN(S(=O)(=O)c3c(C)nn(-c4ccc(Cl)cc4)c3C)CC2)c1. The smallest absolute Gasteiger partial charge is 0.246 e. The maximum Gasteiger partial charge on any atom is 0.246 e. The van der Waals surface area contributed by atoms with Crippen molar-refractivity contribution in [2.24, 2.45) is 0 Å². The molecule has 0 N–H and O–H groups in total. The molecule has 3 aromatic rings. The average molecular weight is 461 g/mol. The van der Waals surface area contributed by atoms with E-state index in [9.17, 15) is 8.42 Å².